The lowest BCUT2D eigenvalue weighted by atomic mass is 10.1. The Kier molecular flexibility index (Phi) is 4.83. The summed E-state index contributed by atoms with van der Waals surface area (Å²) in [6, 6.07) is 8.70. The fourth-order valence-electron chi connectivity index (χ4n) is 1.59. The van der Waals surface area contributed by atoms with E-state index in [9.17, 15) is 9.18 Å². The van der Waals surface area contributed by atoms with Crippen LogP contribution in [0.15, 0.2) is 42.5 Å². The molecule has 0 aliphatic heterocycles. The van der Waals surface area contributed by atoms with Crippen LogP contribution >= 0.6 is 23.2 Å². The molecule has 108 valence electrons. The minimum absolute atomic E-state index is 0.112. The largest absolute Gasteiger partial charge is 0.478 e. The van der Waals surface area contributed by atoms with Crippen molar-refractivity contribution < 1.29 is 19.0 Å². The molecule has 1 N–H and O–H groups in total. The predicted molar refractivity (Wildman–Crippen MR) is 79.6 cm³/mol. The maximum atomic E-state index is 13.9. The van der Waals surface area contributed by atoms with Crippen LogP contribution in [0, 0.1) is 5.82 Å². The van der Waals surface area contributed by atoms with Crippen molar-refractivity contribution in [3.8, 4) is 11.5 Å². The first-order valence-electron chi connectivity index (χ1n) is 5.80. The van der Waals surface area contributed by atoms with Crippen molar-refractivity contribution in [2.24, 2.45) is 0 Å². The normalized spacial score (nSPS) is 10.8. The summed E-state index contributed by atoms with van der Waals surface area (Å²) in [5, 5.41) is 9.29. The van der Waals surface area contributed by atoms with E-state index in [1.54, 1.807) is 6.07 Å². The van der Waals surface area contributed by atoms with E-state index in [2.05, 4.69) is 0 Å². The maximum absolute atomic E-state index is 13.9. The average molecular weight is 327 g/mol. The molecular weight excluding hydrogens is 318 g/mol. The Morgan fingerprint density at radius 2 is 2.00 bits per heavy atom. The molecule has 3 nitrogen and oxygen atoms in total. The number of hydrogen-bond acceptors (Lipinski definition) is 2. The van der Waals surface area contributed by atoms with Crippen molar-refractivity contribution in [3.05, 3.63) is 63.9 Å². The summed E-state index contributed by atoms with van der Waals surface area (Å²) >= 11 is 11.7. The monoisotopic (exact) mass is 326 g/mol. The number of hydrogen-bond donors (Lipinski definition) is 1. The second-order valence-corrected chi connectivity index (χ2v) is 4.85. The Morgan fingerprint density at radius 1 is 1.24 bits per heavy atom. The van der Waals surface area contributed by atoms with Crippen LogP contribution in [0.3, 0.4) is 0 Å². The van der Waals surface area contributed by atoms with Gasteiger partial charge in [0.2, 0.25) is 0 Å². The molecule has 0 aliphatic carbocycles. The van der Waals surface area contributed by atoms with Gasteiger partial charge in [-0.05, 0) is 30.3 Å². The highest BCUT2D eigenvalue weighted by Gasteiger charge is 2.12. The zero-order valence-corrected chi connectivity index (χ0v) is 12.0. The zero-order valence-electron chi connectivity index (χ0n) is 10.5. The first kappa shape index (κ1) is 15.4. The molecule has 0 heterocycles. The summed E-state index contributed by atoms with van der Waals surface area (Å²) in [5.41, 5.74) is 0.281. The molecule has 0 saturated heterocycles. The number of aliphatic carboxylic acids is 1. The molecule has 0 fully saturated rings. The predicted octanol–water partition coefficient (Wildman–Crippen LogP) is 5.02. The number of carboxylic acid groups (broad SMARTS) is 1. The van der Waals surface area contributed by atoms with Gasteiger partial charge in [0.1, 0.15) is 5.75 Å². The zero-order chi connectivity index (χ0) is 15.4. The van der Waals surface area contributed by atoms with Gasteiger partial charge in [-0.3, -0.25) is 0 Å². The standard InChI is InChI=1S/C15H9Cl2FO3/c16-10-5-6-13(11(17)8-10)21-15-9(4-7-14(19)20)2-1-3-12(15)18/h1-8H,(H,19,20)/b7-4+. The number of carboxylic acids is 1. The number of ether oxygens (including phenoxy) is 1. The highest BCUT2D eigenvalue weighted by molar-refractivity contribution is 6.35. The maximum Gasteiger partial charge on any atom is 0.328 e. The molecule has 0 atom stereocenters. The van der Waals surface area contributed by atoms with Gasteiger partial charge < -0.3 is 9.84 Å². The third-order valence-corrected chi connectivity index (χ3v) is 3.04. The fraction of sp³-hybridized carbons (Fsp3) is 0. The Bertz CT molecular complexity index is 714. The van der Waals surface area contributed by atoms with E-state index in [1.165, 1.54) is 36.4 Å². The van der Waals surface area contributed by atoms with Gasteiger partial charge in [-0.15, -0.1) is 0 Å². The van der Waals surface area contributed by atoms with Crippen molar-refractivity contribution in [1.82, 2.24) is 0 Å². The minimum Gasteiger partial charge on any atom is -0.478 e. The van der Waals surface area contributed by atoms with E-state index in [-0.39, 0.29) is 22.1 Å². The van der Waals surface area contributed by atoms with Crippen LogP contribution in [0.25, 0.3) is 6.08 Å². The van der Waals surface area contributed by atoms with Gasteiger partial charge in [0.05, 0.1) is 5.02 Å². The topological polar surface area (TPSA) is 46.5 Å². The van der Waals surface area contributed by atoms with E-state index in [0.717, 1.165) is 6.08 Å². The van der Waals surface area contributed by atoms with E-state index < -0.39 is 11.8 Å². The molecule has 0 aliphatic rings. The van der Waals surface area contributed by atoms with Crippen LogP contribution in [-0.4, -0.2) is 11.1 Å². The highest BCUT2D eigenvalue weighted by atomic mass is 35.5. The number of para-hydroxylation sites is 1. The van der Waals surface area contributed by atoms with Crippen molar-refractivity contribution in [1.29, 1.82) is 0 Å². The van der Waals surface area contributed by atoms with Crippen LogP contribution in [-0.2, 0) is 4.79 Å². The van der Waals surface area contributed by atoms with Crippen LogP contribution < -0.4 is 4.74 Å². The Hall–Kier alpha value is -2.04. The molecule has 2 aromatic carbocycles. The quantitative estimate of drug-likeness (QED) is 0.802. The average Bonchev–Trinajstić information content (AvgIpc) is 2.42. The summed E-state index contributed by atoms with van der Waals surface area (Å²) in [7, 11) is 0. The molecule has 0 aromatic heterocycles. The molecule has 0 unspecified atom stereocenters. The second-order valence-electron chi connectivity index (χ2n) is 4.01. The Morgan fingerprint density at radius 3 is 2.67 bits per heavy atom. The molecule has 6 heteroatoms. The van der Waals surface area contributed by atoms with E-state index in [1.807, 2.05) is 0 Å². The lowest BCUT2D eigenvalue weighted by Gasteiger charge is -2.11. The summed E-state index contributed by atoms with van der Waals surface area (Å²) in [5.74, 6) is -1.67. The fourth-order valence-corrected chi connectivity index (χ4v) is 2.04. The number of carbonyl (C=O) groups is 1. The molecule has 0 radical (unpaired) electrons. The highest BCUT2D eigenvalue weighted by Crippen LogP contribution is 2.34. The minimum atomic E-state index is -1.14. The summed E-state index contributed by atoms with van der Waals surface area (Å²) in [6.07, 6.45) is 2.13. The van der Waals surface area contributed by atoms with Gasteiger partial charge in [-0.1, -0.05) is 35.3 Å². The van der Waals surface area contributed by atoms with Crippen LogP contribution in [0.1, 0.15) is 5.56 Å². The molecule has 0 bridgehead atoms. The molecule has 2 rings (SSSR count). The van der Waals surface area contributed by atoms with Gasteiger partial charge in [-0.2, -0.15) is 0 Å². The molecule has 21 heavy (non-hydrogen) atoms. The molecule has 2 aromatic rings. The lowest BCUT2D eigenvalue weighted by Crippen LogP contribution is -1.93. The third kappa shape index (κ3) is 3.97. The summed E-state index contributed by atoms with van der Waals surface area (Å²) < 4.78 is 19.3. The Balaban J connectivity index is 2.41. The third-order valence-electron chi connectivity index (χ3n) is 2.51. The number of benzene rings is 2. The van der Waals surface area contributed by atoms with Crippen molar-refractivity contribution in [2.45, 2.75) is 0 Å². The lowest BCUT2D eigenvalue weighted by molar-refractivity contribution is -0.131. The van der Waals surface area contributed by atoms with E-state index >= 15 is 0 Å². The van der Waals surface area contributed by atoms with E-state index in [0.29, 0.717) is 5.02 Å². The molecular formula is C15H9Cl2FO3. The van der Waals surface area contributed by atoms with Crippen LogP contribution in [0.5, 0.6) is 11.5 Å². The smallest absolute Gasteiger partial charge is 0.328 e. The Labute approximate surface area is 130 Å². The first-order chi connectivity index (χ1) is 9.97. The van der Waals surface area contributed by atoms with Gasteiger partial charge in [0.25, 0.3) is 0 Å². The van der Waals surface area contributed by atoms with Crippen molar-refractivity contribution >= 4 is 35.2 Å². The van der Waals surface area contributed by atoms with E-state index in [4.69, 9.17) is 33.0 Å². The van der Waals surface area contributed by atoms with Gasteiger partial charge >= 0.3 is 5.97 Å². The molecule has 0 saturated carbocycles. The number of rotatable bonds is 4. The second kappa shape index (κ2) is 6.61. The van der Waals surface area contributed by atoms with Crippen LogP contribution in [0.2, 0.25) is 10.0 Å². The van der Waals surface area contributed by atoms with Crippen molar-refractivity contribution in [2.75, 3.05) is 0 Å². The van der Waals surface area contributed by atoms with Gasteiger partial charge in [0, 0.05) is 16.7 Å². The summed E-state index contributed by atoms with van der Waals surface area (Å²) in [6.45, 7) is 0. The SMILES string of the molecule is O=C(O)/C=C/c1cccc(F)c1Oc1ccc(Cl)cc1Cl. The van der Waals surface area contributed by atoms with Gasteiger partial charge in [-0.25, -0.2) is 9.18 Å². The molecule has 0 spiro atoms. The first-order valence-corrected chi connectivity index (χ1v) is 6.55. The van der Waals surface area contributed by atoms with Gasteiger partial charge in [0.15, 0.2) is 11.6 Å². The number of halogens is 3. The van der Waals surface area contributed by atoms with Crippen LogP contribution in [0.4, 0.5) is 4.39 Å². The molecule has 0 amide bonds. The summed E-state index contributed by atoms with van der Waals surface area (Å²) in [4.78, 5) is 10.6. The van der Waals surface area contributed by atoms with Crippen molar-refractivity contribution in [3.63, 3.8) is 0 Å².